The van der Waals surface area contributed by atoms with Crippen LogP contribution in [-0.4, -0.2) is 46.7 Å². The molecule has 0 aliphatic rings. The number of methoxy groups -OCH3 is 2. The molecule has 0 atom stereocenters. The summed E-state index contributed by atoms with van der Waals surface area (Å²) in [6.45, 7) is 0.363. The SMILES string of the molecule is CNS(=O)(=O)c1cc(C(=O)NCCc2cc(OC)ccc2OC)n(C)c1. The van der Waals surface area contributed by atoms with E-state index in [0.29, 0.717) is 24.5 Å². The van der Waals surface area contributed by atoms with E-state index in [9.17, 15) is 13.2 Å². The molecule has 26 heavy (non-hydrogen) atoms. The molecule has 0 unspecified atom stereocenters. The smallest absolute Gasteiger partial charge is 0.267 e. The first-order valence-corrected chi connectivity index (χ1v) is 9.39. The zero-order valence-corrected chi connectivity index (χ0v) is 16.0. The summed E-state index contributed by atoms with van der Waals surface area (Å²) in [7, 11) is 2.51. The number of ether oxygens (including phenoxy) is 2. The molecule has 1 heterocycles. The Morgan fingerprint density at radius 1 is 1.19 bits per heavy atom. The largest absolute Gasteiger partial charge is 0.497 e. The Labute approximate surface area is 153 Å². The molecule has 0 fully saturated rings. The molecule has 0 radical (unpaired) electrons. The molecule has 0 aliphatic carbocycles. The molecular weight excluding hydrogens is 358 g/mol. The molecule has 0 saturated carbocycles. The van der Waals surface area contributed by atoms with Gasteiger partial charge in [0, 0.05) is 19.8 Å². The van der Waals surface area contributed by atoms with Gasteiger partial charge in [0.1, 0.15) is 22.1 Å². The molecule has 1 aromatic carbocycles. The van der Waals surface area contributed by atoms with Crippen molar-refractivity contribution in [1.29, 1.82) is 0 Å². The molecule has 2 rings (SSSR count). The van der Waals surface area contributed by atoms with Crippen LogP contribution in [-0.2, 0) is 23.5 Å². The first-order valence-electron chi connectivity index (χ1n) is 7.91. The van der Waals surface area contributed by atoms with E-state index in [2.05, 4.69) is 10.0 Å². The molecule has 0 spiro atoms. The van der Waals surface area contributed by atoms with Gasteiger partial charge in [-0.15, -0.1) is 0 Å². The number of hydrogen-bond donors (Lipinski definition) is 2. The Morgan fingerprint density at radius 2 is 1.92 bits per heavy atom. The van der Waals surface area contributed by atoms with Crippen LogP contribution in [0.15, 0.2) is 35.4 Å². The minimum atomic E-state index is -3.59. The van der Waals surface area contributed by atoms with E-state index in [1.54, 1.807) is 27.3 Å². The lowest BCUT2D eigenvalue weighted by atomic mass is 10.1. The third-order valence-corrected chi connectivity index (χ3v) is 5.34. The molecule has 0 bridgehead atoms. The Kier molecular flexibility index (Phi) is 6.27. The number of carbonyl (C=O) groups excluding carboxylic acids is 1. The molecule has 0 saturated heterocycles. The van der Waals surface area contributed by atoms with Gasteiger partial charge in [-0.2, -0.15) is 0 Å². The minimum Gasteiger partial charge on any atom is -0.497 e. The zero-order chi connectivity index (χ0) is 19.3. The predicted molar refractivity (Wildman–Crippen MR) is 97.2 cm³/mol. The van der Waals surface area contributed by atoms with Crippen molar-refractivity contribution < 1.29 is 22.7 Å². The van der Waals surface area contributed by atoms with Crippen molar-refractivity contribution in [3.8, 4) is 11.5 Å². The van der Waals surface area contributed by atoms with E-state index in [1.165, 1.54) is 23.9 Å². The molecule has 1 amide bonds. The lowest BCUT2D eigenvalue weighted by Gasteiger charge is -2.11. The van der Waals surface area contributed by atoms with Crippen LogP contribution < -0.4 is 19.5 Å². The monoisotopic (exact) mass is 381 g/mol. The summed E-state index contributed by atoms with van der Waals surface area (Å²) in [4.78, 5) is 12.4. The van der Waals surface area contributed by atoms with Gasteiger partial charge in [0.25, 0.3) is 5.91 Å². The van der Waals surface area contributed by atoms with Crippen LogP contribution in [0.25, 0.3) is 0 Å². The van der Waals surface area contributed by atoms with Gasteiger partial charge in [0.15, 0.2) is 0 Å². The number of rotatable bonds is 8. The van der Waals surface area contributed by atoms with Crippen molar-refractivity contribution in [3.63, 3.8) is 0 Å². The van der Waals surface area contributed by atoms with Crippen LogP contribution in [0.5, 0.6) is 11.5 Å². The van der Waals surface area contributed by atoms with Gasteiger partial charge >= 0.3 is 0 Å². The lowest BCUT2D eigenvalue weighted by Crippen LogP contribution is -2.27. The lowest BCUT2D eigenvalue weighted by molar-refractivity contribution is 0.0946. The summed E-state index contributed by atoms with van der Waals surface area (Å²) < 4.78 is 37.9. The quantitative estimate of drug-likeness (QED) is 0.709. The Bertz CT molecular complexity index is 890. The first-order chi connectivity index (χ1) is 12.3. The minimum absolute atomic E-state index is 0.0436. The number of sulfonamides is 1. The fourth-order valence-electron chi connectivity index (χ4n) is 2.50. The Balaban J connectivity index is 2.06. The average molecular weight is 381 g/mol. The van der Waals surface area contributed by atoms with Crippen molar-refractivity contribution in [1.82, 2.24) is 14.6 Å². The van der Waals surface area contributed by atoms with E-state index in [4.69, 9.17) is 9.47 Å². The highest BCUT2D eigenvalue weighted by molar-refractivity contribution is 7.89. The van der Waals surface area contributed by atoms with Crippen molar-refractivity contribution in [2.75, 3.05) is 27.8 Å². The van der Waals surface area contributed by atoms with Gasteiger partial charge in [0.2, 0.25) is 10.0 Å². The van der Waals surface area contributed by atoms with Crippen molar-refractivity contribution >= 4 is 15.9 Å². The molecule has 8 nitrogen and oxygen atoms in total. The second kappa shape index (κ2) is 8.24. The highest BCUT2D eigenvalue weighted by Gasteiger charge is 2.19. The summed E-state index contributed by atoms with van der Waals surface area (Å²) in [5.74, 6) is 1.06. The van der Waals surface area contributed by atoms with Crippen molar-refractivity contribution in [2.24, 2.45) is 7.05 Å². The third-order valence-electron chi connectivity index (χ3n) is 3.96. The molecule has 2 N–H and O–H groups in total. The first kappa shape index (κ1) is 19.8. The summed E-state index contributed by atoms with van der Waals surface area (Å²) in [6.07, 6.45) is 1.93. The van der Waals surface area contributed by atoms with E-state index in [0.717, 1.165) is 5.56 Å². The molecule has 2 aromatic rings. The van der Waals surface area contributed by atoms with Crippen molar-refractivity contribution in [2.45, 2.75) is 11.3 Å². The number of nitrogens with one attached hydrogen (secondary N) is 2. The molecule has 9 heteroatoms. The maximum Gasteiger partial charge on any atom is 0.267 e. The average Bonchev–Trinajstić information content (AvgIpc) is 3.04. The topological polar surface area (TPSA) is 98.7 Å². The molecule has 1 aromatic heterocycles. The van der Waals surface area contributed by atoms with Gasteiger partial charge in [0.05, 0.1) is 14.2 Å². The number of amides is 1. The molecule has 0 aliphatic heterocycles. The zero-order valence-electron chi connectivity index (χ0n) is 15.2. The molecule has 142 valence electrons. The van der Waals surface area contributed by atoms with Crippen molar-refractivity contribution in [3.05, 3.63) is 41.7 Å². The standard InChI is InChI=1S/C17H23N3O5S/c1-18-26(22,23)14-10-15(20(2)11-14)17(21)19-8-7-12-9-13(24-3)5-6-16(12)25-4/h5-6,9-11,18H,7-8H2,1-4H3,(H,19,21). The number of aromatic nitrogens is 1. The van der Waals surface area contributed by atoms with Gasteiger partial charge in [-0.3, -0.25) is 4.79 Å². The van der Waals surface area contributed by atoms with E-state index in [1.807, 2.05) is 12.1 Å². The van der Waals surface area contributed by atoms with Gasteiger partial charge in [-0.25, -0.2) is 13.1 Å². The summed E-state index contributed by atoms with van der Waals surface area (Å²) in [5, 5.41) is 2.79. The number of nitrogens with zero attached hydrogens (tertiary/aromatic N) is 1. The highest BCUT2D eigenvalue weighted by atomic mass is 32.2. The normalized spacial score (nSPS) is 11.2. The number of carbonyl (C=O) groups is 1. The third kappa shape index (κ3) is 4.36. The van der Waals surface area contributed by atoms with Crippen LogP contribution in [0.1, 0.15) is 16.1 Å². The van der Waals surface area contributed by atoms with Crippen LogP contribution in [0.3, 0.4) is 0 Å². The summed E-state index contributed by atoms with van der Waals surface area (Å²) in [5.41, 5.74) is 1.16. The van der Waals surface area contributed by atoms with Crippen LogP contribution in [0.4, 0.5) is 0 Å². The predicted octanol–water partition coefficient (Wildman–Crippen LogP) is 0.923. The maximum absolute atomic E-state index is 12.4. The summed E-state index contributed by atoms with van der Waals surface area (Å²) in [6, 6.07) is 6.80. The van der Waals surface area contributed by atoms with Crippen LogP contribution in [0.2, 0.25) is 0 Å². The van der Waals surface area contributed by atoms with Gasteiger partial charge < -0.3 is 19.4 Å². The fraction of sp³-hybridized carbons (Fsp3) is 0.353. The van der Waals surface area contributed by atoms with Gasteiger partial charge in [-0.1, -0.05) is 0 Å². The molecular formula is C17H23N3O5S. The second-order valence-corrected chi connectivity index (χ2v) is 7.45. The van der Waals surface area contributed by atoms with E-state index in [-0.39, 0.29) is 16.5 Å². The Hall–Kier alpha value is -2.52. The Morgan fingerprint density at radius 3 is 2.54 bits per heavy atom. The van der Waals surface area contributed by atoms with Crippen LogP contribution >= 0.6 is 0 Å². The van der Waals surface area contributed by atoms with E-state index < -0.39 is 10.0 Å². The maximum atomic E-state index is 12.4. The number of hydrogen-bond acceptors (Lipinski definition) is 5. The highest BCUT2D eigenvalue weighted by Crippen LogP contribution is 2.24. The van der Waals surface area contributed by atoms with E-state index >= 15 is 0 Å². The number of benzene rings is 1. The summed E-state index contributed by atoms with van der Waals surface area (Å²) >= 11 is 0. The number of aryl methyl sites for hydroxylation is 1. The van der Waals surface area contributed by atoms with Crippen LogP contribution in [0, 0.1) is 0 Å². The van der Waals surface area contributed by atoms with Gasteiger partial charge in [-0.05, 0) is 43.3 Å². The second-order valence-electron chi connectivity index (χ2n) is 5.56. The fourth-order valence-corrected chi connectivity index (χ4v) is 3.30.